The summed E-state index contributed by atoms with van der Waals surface area (Å²) in [5.74, 6) is 1.94. The predicted octanol–water partition coefficient (Wildman–Crippen LogP) is 0.817. The second-order valence-corrected chi connectivity index (χ2v) is 4.04. The Hall–Kier alpha value is -0.940. The van der Waals surface area contributed by atoms with Gasteiger partial charge in [0.2, 0.25) is 5.89 Å². The van der Waals surface area contributed by atoms with Crippen LogP contribution in [0.5, 0.6) is 0 Å². The molecule has 0 aromatic carbocycles. The minimum atomic E-state index is 0.128. The molecule has 0 spiro atoms. The second kappa shape index (κ2) is 4.72. The summed E-state index contributed by atoms with van der Waals surface area (Å²) >= 11 is 0. The Balaban J connectivity index is 2.05. The topological polar surface area (TPSA) is 63.0 Å². The van der Waals surface area contributed by atoms with E-state index in [-0.39, 0.29) is 6.04 Å². The molecule has 1 aliphatic rings. The fourth-order valence-corrected chi connectivity index (χ4v) is 1.78. The SMILES string of the molecule is CNC(C)c1nc(C2CCCNC2)no1. The van der Waals surface area contributed by atoms with Crippen LogP contribution in [0.4, 0.5) is 0 Å². The van der Waals surface area contributed by atoms with Gasteiger partial charge in [-0.25, -0.2) is 0 Å². The lowest BCUT2D eigenvalue weighted by molar-refractivity contribution is 0.337. The van der Waals surface area contributed by atoms with Gasteiger partial charge in [-0.3, -0.25) is 0 Å². The number of hydrogen-bond donors (Lipinski definition) is 2. The van der Waals surface area contributed by atoms with Gasteiger partial charge in [-0.05, 0) is 33.4 Å². The number of aromatic nitrogens is 2. The lowest BCUT2D eigenvalue weighted by atomic mass is 9.99. The maximum atomic E-state index is 5.22. The first kappa shape index (κ1) is 10.6. The van der Waals surface area contributed by atoms with Crippen molar-refractivity contribution in [3.05, 3.63) is 11.7 Å². The monoisotopic (exact) mass is 210 g/mol. The predicted molar refractivity (Wildman–Crippen MR) is 56.6 cm³/mol. The fraction of sp³-hybridized carbons (Fsp3) is 0.800. The van der Waals surface area contributed by atoms with E-state index in [1.165, 1.54) is 6.42 Å². The van der Waals surface area contributed by atoms with Crippen molar-refractivity contribution >= 4 is 0 Å². The maximum absolute atomic E-state index is 5.22. The average Bonchev–Trinajstić information content (AvgIpc) is 2.78. The first-order valence-electron chi connectivity index (χ1n) is 5.52. The minimum absolute atomic E-state index is 0.128. The molecule has 5 nitrogen and oxygen atoms in total. The Labute approximate surface area is 89.6 Å². The van der Waals surface area contributed by atoms with Crippen LogP contribution in [0.3, 0.4) is 0 Å². The highest BCUT2D eigenvalue weighted by atomic mass is 16.5. The van der Waals surface area contributed by atoms with Crippen LogP contribution in [0.15, 0.2) is 4.52 Å². The van der Waals surface area contributed by atoms with E-state index in [4.69, 9.17) is 4.52 Å². The highest BCUT2D eigenvalue weighted by Crippen LogP contribution is 2.21. The van der Waals surface area contributed by atoms with Gasteiger partial charge in [-0.15, -0.1) is 0 Å². The molecular weight excluding hydrogens is 192 g/mol. The van der Waals surface area contributed by atoms with Crippen molar-refractivity contribution in [2.75, 3.05) is 20.1 Å². The Kier molecular flexibility index (Phi) is 3.33. The van der Waals surface area contributed by atoms with Crippen molar-refractivity contribution in [3.8, 4) is 0 Å². The molecule has 0 radical (unpaired) electrons. The van der Waals surface area contributed by atoms with E-state index in [9.17, 15) is 0 Å². The molecule has 2 heterocycles. The molecule has 1 fully saturated rings. The molecule has 5 heteroatoms. The Morgan fingerprint density at radius 2 is 2.47 bits per heavy atom. The highest BCUT2D eigenvalue weighted by molar-refractivity contribution is 4.99. The smallest absolute Gasteiger partial charge is 0.243 e. The number of piperidine rings is 1. The van der Waals surface area contributed by atoms with E-state index in [0.717, 1.165) is 25.3 Å². The Morgan fingerprint density at radius 1 is 1.60 bits per heavy atom. The Bertz CT molecular complexity index is 306. The molecule has 1 saturated heterocycles. The van der Waals surface area contributed by atoms with Crippen LogP contribution >= 0.6 is 0 Å². The van der Waals surface area contributed by atoms with Gasteiger partial charge in [0, 0.05) is 12.5 Å². The third-order valence-electron chi connectivity index (χ3n) is 2.92. The molecule has 1 aromatic rings. The molecule has 2 atom stereocenters. The van der Waals surface area contributed by atoms with Gasteiger partial charge >= 0.3 is 0 Å². The number of hydrogen-bond acceptors (Lipinski definition) is 5. The molecule has 2 N–H and O–H groups in total. The van der Waals surface area contributed by atoms with Crippen LogP contribution in [0.2, 0.25) is 0 Å². The second-order valence-electron chi connectivity index (χ2n) is 4.04. The summed E-state index contributed by atoms with van der Waals surface area (Å²) in [5.41, 5.74) is 0. The maximum Gasteiger partial charge on any atom is 0.243 e. The third-order valence-corrected chi connectivity index (χ3v) is 2.92. The molecule has 84 valence electrons. The average molecular weight is 210 g/mol. The minimum Gasteiger partial charge on any atom is -0.338 e. The van der Waals surface area contributed by atoms with Gasteiger partial charge in [0.25, 0.3) is 0 Å². The molecule has 2 rings (SSSR count). The zero-order valence-electron chi connectivity index (χ0n) is 9.29. The highest BCUT2D eigenvalue weighted by Gasteiger charge is 2.21. The molecular formula is C10H18N4O. The summed E-state index contributed by atoms with van der Waals surface area (Å²) in [5, 5.41) is 10.5. The van der Waals surface area contributed by atoms with Crippen molar-refractivity contribution in [2.45, 2.75) is 31.7 Å². The molecule has 15 heavy (non-hydrogen) atoms. The quantitative estimate of drug-likeness (QED) is 0.773. The van der Waals surface area contributed by atoms with E-state index >= 15 is 0 Å². The van der Waals surface area contributed by atoms with Gasteiger partial charge in [0.1, 0.15) is 0 Å². The third kappa shape index (κ3) is 2.35. The van der Waals surface area contributed by atoms with Gasteiger partial charge in [-0.1, -0.05) is 5.16 Å². The van der Waals surface area contributed by atoms with Crippen LogP contribution in [-0.2, 0) is 0 Å². The molecule has 1 aromatic heterocycles. The summed E-state index contributed by atoms with van der Waals surface area (Å²) in [4.78, 5) is 4.42. The van der Waals surface area contributed by atoms with E-state index in [0.29, 0.717) is 11.8 Å². The fourth-order valence-electron chi connectivity index (χ4n) is 1.78. The van der Waals surface area contributed by atoms with Gasteiger partial charge < -0.3 is 15.2 Å². The molecule has 2 unspecified atom stereocenters. The van der Waals surface area contributed by atoms with Crippen molar-refractivity contribution in [1.29, 1.82) is 0 Å². The normalized spacial score (nSPS) is 24.0. The van der Waals surface area contributed by atoms with Crippen molar-refractivity contribution in [3.63, 3.8) is 0 Å². The number of nitrogens with zero attached hydrogens (tertiary/aromatic N) is 2. The summed E-state index contributed by atoms with van der Waals surface area (Å²) in [6.07, 6.45) is 2.34. The van der Waals surface area contributed by atoms with E-state index in [1.807, 2.05) is 14.0 Å². The summed E-state index contributed by atoms with van der Waals surface area (Å²) in [6, 6.07) is 0.128. The van der Waals surface area contributed by atoms with E-state index in [1.54, 1.807) is 0 Å². The van der Waals surface area contributed by atoms with Crippen LogP contribution < -0.4 is 10.6 Å². The van der Waals surface area contributed by atoms with Crippen molar-refractivity contribution < 1.29 is 4.52 Å². The summed E-state index contributed by atoms with van der Waals surface area (Å²) in [6.45, 7) is 4.08. The van der Waals surface area contributed by atoms with E-state index in [2.05, 4.69) is 20.8 Å². The van der Waals surface area contributed by atoms with Crippen molar-refractivity contribution in [1.82, 2.24) is 20.8 Å². The molecule has 0 bridgehead atoms. The lowest BCUT2D eigenvalue weighted by Gasteiger charge is -2.19. The van der Waals surface area contributed by atoms with Crippen molar-refractivity contribution in [2.24, 2.45) is 0 Å². The molecule has 0 saturated carbocycles. The lowest BCUT2D eigenvalue weighted by Crippen LogP contribution is -2.29. The van der Waals surface area contributed by atoms with Gasteiger partial charge in [-0.2, -0.15) is 4.98 Å². The first-order valence-corrected chi connectivity index (χ1v) is 5.52. The van der Waals surface area contributed by atoms with Crippen LogP contribution in [0.1, 0.15) is 43.4 Å². The molecule has 0 aliphatic carbocycles. The van der Waals surface area contributed by atoms with Crippen LogP contribution in [0, 0.1) is 0 Å². The Morgan fingerprint density at radius 3 is 3.13 bits per heavy atom. The zero-order chi connectivity index (χ0) is 10.7. The summed E-state index contributed by atoms with van der Waals surface area (Å²) in [7, 11) is 1.89. The zero-order valence-corrected chi connectivity index (χ0v) is 9.29. The molecule has 0 amide bonds. The number of nitrogens with one attached hydrogen (secondary N) is 2. The van der Waals surface area contributed by atoms with Crippen LogP contribution in [0.25, 0.3) is 0 Å². The summed E-state index contributed by atoms with van der Waals surface area (Å²) < 4.78 is 5.22. The first-order chi connectivity index (χ1) is 7.31. The number of rotatable bonds is 3. The van der Waals surface area contributed by atoms with Gasteiger partial charge in [0.05, 0.1) is 6.04 Å². The van der Waals surface area contributed by atoms with Crippen LogP contribution in [-0.4, -0.2) is 30.3 Å². The molecule has 1 aliphatic heterocycles. The standard InChI is InChI=1S/C10H18N4O/c1-7(11-2)10-13-9(14-15-10)8-4-3-5-12-6-8/h7-8,11-12H,3-6H2,1-2H3. The van der Waals surface area contributed by atoms with Gasteiger partial charge in [0.15, 0.2) is 5.82 Å². The largest absolute Gasteiger partial charge is 0.338 e. The van der Waals surface area contributed by atoms with E-state index < -0.39 is 0 Å².